The van der Waals surface area contributed by atoms with Crippen molar-refractivity contribution in [3.63, 3.8) is 0 Å². The standard InChI is InChI=1S/C21H17N3O3/c25-14-5-6-19(26)16(11-14)17-12-18-15-3-1-2-4-20(15)27-21(24(18)23-17)13-7-9-22-10-8-13/h1-11,18,21,25-26H,12H2/t18-,21-/m0/s1. The molecule has 0 fully saturated rings. The van der Waals surface area contributed by atoms with Crippen molar-refractivity contribution in [2.24, 2.45) is 5.10 Å². The van der Waals surface area contributed by atoms with Gasteiger partial charge in [0.1, 0.15) is 17.2 Å². The van der Waals surface area contributed by atoms with Crippen LogP contribution in [0.15, 0.2) is 72.1 Å². The summed E-state index contributed by atoms with van der Waals surface area (Å²) in [6.07, 6.45) is 3.69. The number of nitrogens with zero attached hydrogens (tertiary/aromatic N) is 3. The van der Waals surface area contributed by atoms with E-state index in [4.69, 9.17) is 9.84 Å². The zero-order valence-corrected chi connectivity index (χ0v) is 14.4. The van der Waals surface area contributed by atoms with Crippen LogP contribution < -0.4 is 4.74 Å². The number of hydrazone groups is 1. The van der Waals surface area contributed by atoms with E-state index in [1.807, 2.05) is 41.4 Å². The molecule has 3 heterocycles. The second kappa shape index (κ2) is 6.02. The van der Waals surface area contributed by atoms with Gasteiger partial charge in [0.25, 0.3) is 0 Å². The normalized spacial score (nSPS) is 20.4. The van der Waals surface area contributed by atoms with Crippen molar-refractivity contribution in [2.75, 3.05) is 0 Å². The fraction of sp³-hybridized carbons (Fsp3) is 0.143. The van der Waals surface area contributed by atoms with Crippen LogP contribution in [0.5, 0.6) is 17.2 Å². The number of fused-ring (bicyclic) bond motifs is 3. The first-order valence-corrected chi connectivity index (χ1v) is 8.74. The molecular weight excluding hydrogens is 342 g/mol. The molecule has 3 aromatic rings. The van der Waals surface area contributed by atoms with Crippen molar-refractivity contribution in [2.45, 2.75) is 18.7 Å². The Morgan fingerprint density at radius 3 is 2.67 bits per heavy atom. The fourth-order valence-corrected chi connectivity index (χ4v) is 3.70. The molecule has 6 heteroatoms. The van der Waals surface area contributed by atoms with E-state index in [0.29, 0.717) is 17.7 Å². The highest BCUT2D eigenvalue weighted by Gasteiger charge is 2.41. The van der Waals surface area contributed by atoms with Gasteiger partial charge < -0.3 is 14.9 Å². The van der Waals surface area contributed by atoms with Crippen LogP contribution in [-0.4, -0.2) is 25.9 Å². The third-order valence-electron chi connectivity index (χ3n) is 4.98. The molecule has 27 heavy (non-hydrogen) atoms. The number of para-hydroxylation sites is 1. The average molecular weight is 359 g/mol. The molecule has 0 radical (unpaired) electrons. The molecule has 2 aromatic carbocycles. The second-order valence-corrected chi connectivity index (χ2v) is 6.64. The summed E-state index contributed by atoms with van der Waals surface area (Å²) in [5.41, 5.74) is 3.26. The molecule has 2 atom stereocenters. The van der Waals surface area contributed by atoms with Crippen molar-refractivity contribution in [1.82, 2.24) is 9.99 Å². The maximum absolute atomic E-state index is 10.3. The lowest BCUT2D eigenvalue weighted by Gasteiger charge is -2.38. The van der Waals surface area contributed by atoms with Crippen molar-refractivity contribution >= 4 is 5.71 Å². The Bertz CT molecular complexity index is 1040. The second-order valence-electron chi connectivity index (χ2n) is 6.64. The Labute approximate surface area is 156 Å². The molecule has 2 aliphatic heterocycles. The lowest BCUT2D eigenvalue weighted by atomic mass is 9.95. The minimum absolute atomic E-state index is 0.00938. The molecule has 0 aliphatic carbocycles. The van der Waals surface area contributed by atoms with Crippen molar-refractivity contribution in [1.29, 1.82) is 0 Å². The summed E-state index contributed by atoms with van der Waals surface area (Å²) < 4.78 is 6.25. The van der Waals surface area contributed by atoms with Gasteiger partial charge in [-0.1, -0.05) is 18.2 Å². The van der Waals surface area contributed by atoms with Crippen LogP contribution in [0.1, 0.15) is 35.4 Å². The number of phenols is 2. The first-order valence-electron chi connectivity index (χ1n) is 8.74. The topological polar surface area (TPSA) is 78.2 Å². The highest BCUT2D eigenvalue weighted by Crippen LogP contribution is 2.47. The van der Waals surface area contributed by atoms with Gasteiger partial charge >= 0.3 is 0 Å². The van der Waals surface area contributed by atoms with Crippen LogP contribution in [0.4, 0.5) is 0 Å². The number of hydrogen-bond acceptors (Lipinski definition) is 6. The van der Waals surface area contributed by atoms with Crippen LogP contribution in [0.2, 0.25) is 0 Å². The largest absolute Gasteiger partial charge is 0.508 e. The van der Waals surface area contributed by atoms with Gasteiger partial charge in [-0.25, -0.2) is 5.01 Å². The van der Waals surface area contributed by atoms with Crippen LogP contribution in [0.25, 0.3) is 0 Å². The minimum Gasteiger partial charge on any atom is -0.508 e. The van der Waals surface area contributed by atoms with Gasteiger partial charge in [0.15, 0.2) is 0 Å². The molecule has 5 rings (SSSR count). The number of aromatic hydroxyl groups is 2. The summed E-state index contributed by atoms with van der Waals surface area (Å²) in [7, 11) is 0. The summed E-state index contributed by atoms with van der Waals surface area (Å²) >= 11 is 0. The molecule has 2 aliphatic rings. The zero-order valence-electron chi connectivity index (χ0n) is 14.4. The number of phenolic OH excluding ortho intramolecular Hbond substituents is 2. The summed E-state index contributed by atoms with van der Waals surface area (Å²) in [4.78, 5) is 4.08. The summed E-state index contributed by atoms with van der Waals surface area (Å²) in [6.45, 7) is 0. The zero-order chi connectivity index (χ0) is 18.4. The SMILES string of the molecule is Oc1ccc(O)c(C2=NN3[C@@H](C2)c2ccccc2O[C@H]3c2ccncc2)c1. The van der Waals surface area contributed by atoms with Crippen molar-refractivity contribution < 1.29 is 14.9 Å². The van der Waals surface area contributed by atoms with E-state index in [1.165, 1.54) is 12.1 Å². The summed E-state index contributed by atoms with van der Waals surface area (Å²) in [5, 5.41) is 26.8. The van der Waals surface area contributed by atoms with E-state index >= 15 is 0 Å². The van der Waals surface area contributed by atoms with Crippen LogP contribution >= 0.6 is 0 Å². The smallest absolute Gasteiger partial charge is 0.213 e. The Kier molecular flexibility index (Phi) is 3.50. The molecule has 0 saturated carbocycles. The van der Waals surface area contributed by atoms with Crippen LogP contribution in [0, 0.1) is 0 Å². The minimum atomic E-state index is -0.384. The molecule has 134 valence electrons. The Hall–Kier alpha value is -3.54. The molecule has 0 amide bonds. The molecule has 0 unspecified atom stereocenters. The van der Waals surface area contributed by atoms with E-state index in [-0.39, 0.29) is 23.8 Å². The first kappa shape index (κ1) is 15.7. The first-order chi connectivity index (χ1) is 13.2. The molecule has 0 saturated heterocycles. The van der Waals surface area contributed by atoms with Crippen LogP contribution in [0.3, 0.4) is 0 Å². The molecule has 0 bridgehead atoms. The Morgan fingerprint density at radius 1 is 1.00 bits per heavy atom. The third kappa shape index (κ3) is 2.57. The van der Waals surface area contributed by atoms with Gasteiger partial charge in [-0.05, 0) is 36.4 Å². The van der Waals surface area contributed by atoms with Gasteiger partial charge in [0.05, 0.1) is 11.8 Å². The lowest BCUT2D eigenvalue weighted by Crippen LogP contribution is -2.33. The molecule has 2 N–H and O–H groups in total. The lowest BCUT2D eigenvalue weighted by molar-refractivity contribution is -0.0190. The van der Waals surface area contributed by atoms with Crippen molar-refractivity contribution in [3.8, 4) is 17.2 Å². The Balaban J connectivity index is 1.62. The summed E-state index contributed by atoms with van der Waals surface area (Å²) in [6, 6.07) is 16.2. The predicted molar refractivity (Wildman–Crippen MR) is 99.6 cm³/mol. The number of pyridine rings is 1. The summed E-state index contributed by atoms with van der Waals surface area (Å²) in [5.74, 6) is 1.02. The number of benzene rings is 2. The van der Waals surface area contributed by atoms with E-state index in [0.717, 1.165) is 16.9 Å². The van der Waals surface area contributed by atoms with E-state index in [1.54, 1.807) is 18.5 Å². The van der Waals surface area contributed by atoms with Crippen LogP contribution in [-0.2, 0) is 0 Å². The fourth-order valence-electron chi connectivity index (χ4n) is 3.70. The maximum Gasteiger partial charge on any atom is 0.213 e. The number of rotatable bonds is 2. The highest BCUT2D eigenvalue weighted by molar-refractivity contribution is 6.04. The number of hydrogen-bond donors (Lipinski definition) is 2. The van der Waals surface area contributed by atoms with E-state index in [2.05, 4.69) is 4.98 Å². The van der Waals surface area contributed by atoms with E-state index in [9.17, 15) is 10.2 Å². The number of ether oxygens (including phenoxy) is 1. The molecule has 6 nitrogen and oxygen atoms in total. The Morgan fingerprint density at radius 2 is 1.81 bits per heavy atom. The molecule has 0 spiro atoms. The van der Waals surface area contributed by atoms with Gasteiger partial charge in [0.2, 0.25) is 6.23 Å². The van der Waals surface area contributed by atoms with Gasteiger partial charge in [-0.15, -0.1) is 0 Å². The third-order valence-corrected chi connectivity index (χ3v) is 4.98. The molecule has 1 aromatic heterocycles. The van der Waals surface area contributed by atoms with Gasteiger partial charge in [-0.3, -0.25) is 4.98 Å². The van der Waals surface area contributed by atoms with Gasteiger partial charge in [0, 0.05) is 35.5 Å². The number of aromatic nitrogens is 1. The highest BCUT2D eigenvalue weighted by atomic mass is 16.5. The van der Waals surface area contributed by atoms with Crippen molar-refractivity contribution in [3.05, 3.63) is 83.7 Å². The monoisotopic (exact) mass is 359 g/mol. The maximum atomic E-state index is 10.3. The predicted octanol–water partition coefficient (Wildman–Crippen LogP) is 3.74. The molecular formula is C21H17N3O3. The van der Waals surface area contributed by atoms with Gasteiger partial charge in [-0.2, -0.15) is 5.10 Å². The average Bonchev–Trinajstić information content (AvgIpc) is 3.15. The van der Waals surface area contributed by atoms with E-state index < -0.39 is 0 Å². The quantitative estimate of drug-likeness (QED) is 0.682.